The first-order valence-corrected chi connectivity index (χ1v) is 3.71. The summed E-state index contributed by atoms with van der Waals surface area (Å²) in [5, 5.41) is 6.71. The second kappa shape index (κ2) is 2.19. The fourth-order valence-corrected chi connectivity index (χ4v) is 1.48. The summed E-state index contributed by atoms with van der Waals surface area (Å²) in [7, 11) is 0. The van der Waals surface area contributed by atoms with Gasteiger partial charge in [0.15, 0.2) is 5.78 Å². The van der Waals surface area contributed by atoms with Crippen LogP contribution in [0.3, 0.4) is 0 Å². The molecule has 2 rings (SSSR count). The number of aromatic nitrogens is 2. The van der Waals surface area contributed by atoms with Crippen LogP contribution in [0.2, 0.25) is 0 Å². The van der Waals surface area contributed by atoms with Crippen LogP contribution in [-0.4, -0.2) is 16.0 Å². The molecule has 0 aliphatic heterocycles. The van der Waals surface area contributed by atoms with Crippen molar-refractivity contribution < 1.29 is 4.79 Å². The first-order chi connectivity index (χ1) is 5.29. The van der Waals surface area contributed by atoms with E-state index in [-0.39, 0.29) is 5.78 Å². The Balaban J connectivity index is 2.56. The summed E-state index contributed by atoms with van der Waals surface area (Å²) >= 11 is 0. The Kier molecular flexibility index (Phi) is 1.31. The van der Waals surface area contributed by atoms with E-state index in [9.17, 15) is 4.79 Å². The normalized spacial score (nSPS) is 16.6. The number of Topliss-reactive ketones (excluding diaryl/α,β-unsaturated/α-hetero) is 1. The zero-order chi connectivity index (χ0) is 7.84. The van der Waals surface area contributed by atoms with Crippen LogP contribution in [0.4, 0.5) is 0 Å². The molecular formula is C8H9N2O. The van der Waals surface area contributed by atoms with Crippen LogP contribution in [0.1, 0.15) is 34.6 Å². The van der Waals surface area contributed by atoms with Crippen molar-refractivity contribution in [2.24, 2.45) is 0 Å². The number of hydrogen-bond acceptors (Lipinski definition) is 2. The monoisotopic (exact) mass is 149 g/mol. The molecule has 0 bridgehead atoms. The fraction of sp³-hybridized carbons (Fsp3) is 0.375. The van der Waals surface area contributed by atoms with E-state index in [4.69, 9.17) is 0 Å². The number of rotatable bonds is 0. The molecule has 1 N–H and O–H groups in total. The molecule has 1 aliphatic carbocycles. The number of ketones is 1. The molecule has 57 valence electrons. The highest BCUT2D eigenvalue weighted by Crippen LogP contribution is 2.21. The molecule has 1 aromatic heterocycles. The predicted octanol–water partition coefficient (Wildman–Crippen LogP) is 1.11. The Labute approximate surface area is 64.8 Å². The summed E-state index contributed by atoms with van der Waals surface area (Å²) in [5.74, 6) is 0.185. The third-order valence-corrected chi connectivity index (χ3v) is 2.03. The minimum Gasteiger partial charge on any atom is -0.294 e. The van der Waals surface area contributed by atoms with Crippen molar-refractivity contribution >= 4 is 5.78 Å². The van der Waals surface area contributed by atoms with Gasteiger partial charge in [0.05, 0.1) is 11.3 Å². The zero-order valence-corrected chi connectivity index (χ0v) is 6.18. The molecule has 0 fully saturated rings. The van der Waals surface area contributed by atoms with Crippen LogP contribution in [-0.2, 0) is 6.42 Å². The number of carbonyl (C=O) groups is 1. The summed E-state index contributed by atoms with van der Waals surface area (Å²) in [4.78, 5) is 11.3. The molecule has 0 amide bonds. The van der Waals surface area contributed by atoms with Crippen LogP contribution >= 0.6 is 0 Å². The number of H-pyrrole nitrogens is 1. The van der Waals surface area contributed by atoms with Crippen molar-refractivity contribution in [3.8, 4) is 0 Å². The highest BCUT2D eigenvalue weighted by atomic mass is 16.1. The lowest BCUT2D eigenvalue weighted by molar-refractivity contribution is 0.0972. The quantitative estimate of drug-likeness (QED) is 0.600. The summed E-state index contributed by atoms with van der Waals surface area (Å²) in [5.41, 5.74) is 2.30. The third-order valence-electron chi connectivity index (χ3n) is 2.03. The van der Waals surface area contributed by atoms with Gasteiger partial charge in [-0.05, 0) is 19.8 Å². The summed E-state index contributed by atoms with van der Waals surface area (Å²) in [6.45, 7) is 3.68. The fourth-order valence-electron chi connectivity index (χ4n) is 1.48. The molecule has 0 atom stereocenters. The molecule has 3 heteroatoms. The molecule has 1 aliphatic rings. The SMILES string of the molecule is [CH2]c1n[nH]c2c1C(=O)CCC2. The molecule has 0 saturated heterocycles. The molecule has 0 unspecified atom stereocenters. The number of fused-ring (bicyclic) bond motifs is 1. The average Bonchev–Trinajstić information content (AvgIpc) is 2.34. The molecule has 1 heterocycles. The topological polar surface area (TPSA) is 45.8 Å². The van der Waals surface area contributed by atoms with Gasteiger partial charge in [0.2, 0.25) is 0 Å². The molecule has 0 aromatic carbocycles. The Morgan fingerprint density at radius 2 is 2.27 bits per heavy atom. The van der Waals surface area contributed by atoms with Gasteiger partial charge < -0.3 is 0 Å². The smallest absolute Gasteiger partial charge is 0.166 e. The van der Waals surface area contributed by atoms with Crippen molar-refractivity contribution in [3.05, 3.63) is 23.9 Å². The standard InChI is InChI=1S/C8H9N2O/c1-5-8-6(10-9-5)3-2-4-7(8)11/h1-4H2,(H,9,10). The van der Waals surface area contributed by atoms with Gasteiger partial charge in [-0.2, -0.15) is 5.10 Å². The van der Waals surface area contributed by atoms with Gasteiger partial charge in [-0.1, -0.05) is 0 Å². The van der Waals surface area contributed by atoms with Crippen molar-refractivity contribution in [1.29, 1.82) is 0 Å². The largest absolute Gasteiger partial charge is 0.294 e. The van der Waals surface area contributed by atoms with Gasteiger partial charge in [0.25, 0.3) is 0 Å². The van der Waals surface area contributed by atoms with Crippen molar-refractivity contribution in [2.75, 3.05) is 0 Å². The highest BCUT2D eigenvalue weighted by Gasteiger charge is 2.21. The Morgan fingerprint density at radius 3 is 3.00 bits per heavy atom. The van der Waals surface area contributed by atoms with Gasteiger partial charge in [-0.15, -0.1) is 0 Å². The van der Waals surface area contributed by atoms with Crippen LogP contribution in [0, 0.1) is 6.92 Å². The van der Waals surface area contributed by atoms with Crippen LogP contribution in [0.5, 0.6) is 0 Å². The third kappa shape index (κ3) is 0.878. The Bertz CT molecular complexity index is 301. The van der Waals surface area contributed by atoms with Gasteiger partial charge in [0, 0.05) is 12.1 Å². The molecule has 3 nitrogen and oxygen atoms in total. The molecular weight excluding hydrogens is 140 g/mol. The maximum absolute atomic E-state index is 11.3. The summed E-state index contributed by atoms with van der Waals surface area (Å²) < 4.78 is 0. The lowest BCUT2D eigenvalue weighted by Gasteiger charge is -2.08. The number of aryl methyl sites for hydroxylation is 1. The van der Waals surface area contributed by atoms with E-state index in [2.05, 4.69) is 17.1 Å². The lowest BCUT2D eigenvalue weighted by atomic mass is 9.95. The van der Waals surface area contributed by atoms with Crippen LogP contribution in [0.15, 0.2) is 0 Å². The van der Waals surface area contributed by atoms with Gasteiger partial charge >= 0.3 is 0 Å². The van der Waals surface area contributed by atoms with E-state index in [1.165, 1.54) is 0 Å². The van der Waals surface area contributed by atoms with E-state index in [1.54, 1.807) is 0 Å². The average molecular weight is 149 g/mol. The van der Waals surface area contributed by atoms with Crippen LogP contribution < -0.4 is 0 Å². The molecule has 0 spiro atoms. The second-order valence-electron chi connectivity index (χ2n) is 2.80. The highest BCUT2D eigenvalue weighted by molar-refractivity contribution is 5.99. The van der Waals surface area contributed by atoms with Gasteiger partial charge in [0.1, 0.15) is 0 Å². The number of aromatic amines is 1. The molecule has 1 aromatic rings. The van der Waals surface area contributed by atoms with Crippen molar-refractivity contribution in [1.82, 2.24) is 10.2 Å². The number of carbonyl (C=O) groups excluding carboxylic acids is 1. The van der Waals surface area contributed by atoms with Crippen molar-refractivity contribution in [3.63, 3.8) is 0 Å². The predicted molar refractivity (Wildman–Crippen MR) is 40.3 cm³/mol. The van der Waals surface area contributed by atoms with E-state index in [0.29, 0.717) is 12.1 Å². The van der Waals surface area contributed by atoms with E-state index in [0.717, 1.165) is 24.1 Å². The number of hydrogen-bond donors (Lipinski definition) is 1. The van der Waals surface area contributed by atoms with Gasteiger partial charge in [-0.25, -0.2) is 0 Å². The first-order valence-electron chi connectivity index (χ1n) is 3.71. The minimum absolute atomic E-state index is 0.185. The molecule has 1 radical (unpaired) electrons. The maximum Gasteiger partial charge on any atom is 0.166 e. The minimum atomic E-state index is 0.185. The summed E-state index contributed by atoms with van der Waals surface area (Å²) in [6, 6.07) is 0. The first kappa shape index (κ1) is 6.58. The second-order valence-corrected chi connectivity index (χ2v) is 2.80. The molecule has 0 saturated carbocycles. The van der Waals surface area contributed by atoms with E-state index in [1.807, 2.05) is 0 Å². The lowest BCUT2D eigenvalue weighted by Crippen LogP contribution is -2.09. The Morgan fingerprint density at radius 1 is 1.45 bits per heavy atom. The van der Waals surface area contributed by atoms with E-state index < -0.39 is 0 Å². The number of nitrogens with zero attached hydrogens (tertiary/aromatic N) is 1. The van der Waals surface area contributed by atoms with E-state index >= 15 is 0 Å². The maximum atomic E-state index is 11.3. The van der Waals surface area contributed by atoms with Gasteiger partial charge in [-0.3, -0.25) is 9.89 Å². The summed E-state index contributed by atoms with van der Waals surface area (Å²) in [6.07, 6.45) is 2.52. The number of nitrogens with one attached hydrogen (secondary N) is 1. The Hall–Kier alpha value is -1.12. The zero-order valence-electron chi connectivity index (χ0n) is 6.18. The van der Waals surface area contributed by atoms with Crippen molar-refractivity contribution in [2.45, 2.75) is 19.3 Å². The van der Waals surface area contributed by atoms with Crippen LogP contribution in [0.25, 0.3) is 0 Å². The molecule has 11 heavy (non-hydrogen) atoms.